The van der Waals surface area contributed by atoms with Crippen molar-refractivity contribution >= 4 is 5.69 Å². The van der Waals surface area contributed by atoms with E-state index >= 15 is 0 Å². The smallest absolute Gasteiger partial charge is 0.228 e. The highest BCUT2D eigenvalue weighted by Gasteiger charge is 2.18. The number of nitrogens with zero attached hydrogens (tertiary/aromatic N) is 2. The summed E-state index contributed by atoms with van der Waals surface area (Å²) in [6.07, 6.45) is 3.98. The first-order valence-electron chi connectivity index (χ1n) is 7.54. The fourth-order valence-corrected chi connectivity index (χ4v) is 2.56. The second-order valence-electron chi connectivity index (χ2n) is 5.44. The fraction of sp³-hybridized carbons (Fsp3) is 0.500. The van der Waals surface area contributed by atoms with Crippen LogP contribution in [0.3, 0.4) is 0 Å². The van der Waals surface area contributed by atoms with E-state index in [4.69, 9.17) is 9.26 Å². The first-order chi connectivity index (χ1) is 10.3. The lowest BCUT2D eigenvalue weighted by atomic mass is 10.2. The van der Waals surface area contributed by atoms with E-state index in [2.05, 4.69) is 34.5 Å². The maximum atomic E-state index is 5.58. The molecule has 0 bridgehead atoms. The Balaban J connectivity index is 1.47. The molecule has 1 aromatic carbocycles. The number of benzene rings is 1. The van der Waals surface area contributed by atoms with E-state index in [9.17, 15) is 0 Å². The Morgan fingerprint density at radius 3 is 3.05 bits per heavy atom. The van der Waals surface area contributed by atoms with Crippen LogP contribution in [-0.4, -0.2) is 29.4 Å². The van der Waals surface area contributed by atoms with Crippen molar-refractivity contribution < 1.29 is 9.26 Å². The van der Waals surface area contributed by atoms with Gasteiger partial charge >= 0.3 is 0 Å². The molecule has 1 aliphatic heterocycles. The van der Waals surface area contributed by atoms with Crippen LogP contribution in [0, 0.1) is 6.92 Å². The van der Waals surface area contributed by atoms with Crippen LogP contribution < -0.4 is 5.32 Å². The zero-order valence-electron chi connectivity index (χ0n) is 12.3. The SMILES string of the molecule is Cc1ccccc1NCCc1nc(CC2CCCO2)no1. The van der Waals surface area contributed by atoms with Crippen molar-refractivity contribution in [1.29, 1.82) is 0 Å². The van der Waals surface area contributed by atoms with Gasteiger partial charge in [-0.25, -0.2) is 0 Å². The second-order valence-corrected chi connectivity index (χ2v) is 5.44. The van der Waals surface area contributed by atoms with E-state index in [1.165, 1.54) is 5.56 Å². The molecule has 1 aromatic heterocycles. The van der Waals surface area contributed by atoms with E-state index in [1.807, 2.05) is 12.1 Å². The molecule has 2 aromatic rings. The normalized spacial score (nSPS) is 18.0. The molecule has 1 aliphatic rings. The number of rotatable bonds is 6. The van der Waals surface area contributed by atoms with Gasteiger partial charge in [0.25, 0.3) is 0 Å². The van der Waals surface area contributed by atoms with E-state index in [0.29, 0.717) is 5.89 Å². The van der Waals surface area contributed by atoms with Crippen LogP contribution in [0.15, 0.2) is 28.8 Å². The van der Waals surface area contributed by atoms with Crippen LogP contribution in [0.2, 0.25) is 0 Å². The predicted molar refractivity (Wildman–Crippen MR) is 80.3 cm³/mol. The maximum absolute atomic E-state index is 5.58. The molecule has 0 saturated carbocycles. The zero-order valence-corrected chi connectivity index (χ0v) is 12.3. The number of ether oxygens (including phenoxy) is 1. The highest BCUT2D eigenvalue weighted by Crippen LogP contribution is 2.16. The number of aryl methyl sites for hydroxylation is 1. The highest BCUT2D eigenvalue weighted by atomic mass is 16.5. The first-order valence-corrected chi connectivity index (χ1v) is 7.54. The molecular formula is C16H21N3O2. The minimum Gasteiger partial charge on any atom is -0.384 e. The van der Waals surface area contributed by atoms with Crippen LogP contribution in [0.4, 0.5) is 5.69 Å². The van der Waals surface area contributed by atoms with Crippen molar-refractivity contribution in [2.24, 2.45) is 0 Å². The van der Waals surface area contributed by atoms with Gasteiger partial charge in [-0.3, -0.25) is 0 Å². The Morgan fingerprint density at radius 2 is 2.24 bits per heavy atom. The number of hydrogen-bond donors (Lipinski definition) is 1. The van der Waals surface area contributed by atoms with Crippen molar-refractivity contribution in [2.75, 3.05) is 18.5 Å². The number of hydrogen-bond acceptors (Lipinski definition) is 5. The predicted octanol–water partition coefficient (Wildman–Crippen LogP) is 2.75. The Morgan fingerprint density at radius 1 is 1.33 bits per heavy atom. The van der Waals surface area contributed by atoms with Crippen molar-refractivity contribution in [2.45, 2.75) is 38.7 Å². The van der Waals surface area contributed by atoms with Gasteiger partial charge in [-0.15, -0.1) is 0 Å². The first kappa shape index (κ1) is 14.1. The van der Waals surface area contributed by atoms with E-state index < -0.39 is 0 Å². The van der Waals surface area contributed by atoms with Gasteiger partial charge in [0.15, 0.2) is 5.82 Å². The van der Waals surface area contributed by atoms with Gasteiger partial charge in [0.2, 0.25) is 5.89 Å². The molecule has 3 rings (SSSR count). The standard InChI is InChI=1S/C16H21N3O2/c1-12-5-2-3-7-14(12)17-9-8-16-18-15(19-21-16)11-13-6-4-10-20-13/h2-3,5,7,13,17H,4,6,8-11H2,1H3. The molecule has 1 saturated heterocycles. The van der Waals surface area contributed by atoms with Crippen molar-refractivity contribution in [1.82, 2.24) is 10.1 Å². The Bertz CT molecular complexity index is 576. The summed E-state index contributed by atoms with van der Waals surface area (Å²) >= 11 is 0. The quantitative estimate of drug-likeness (QED) is 0.885. The summed E-state index contributed by atoms with van der Waals surface area (Å²) in [6, 6.07) is 8.23. The largest absolute Gasteiger partial charge is 0.384 e. The minimum absolute atomic E-state index is 0.264. The van der Waals surface area contributed by atoms with Gasteiger partial charge < -0.3 is 14.6 Å². The molecule has 0 radical (unpaired) electrons. The summed E-state index contributed by atoms with van der Waals surface area (Å²) < 4.78 is 10.9. The van der Waals surface area contributed by atoms with Crippen LogP contribution >= 0.6 is 0 Å². The summed E-state index contributed by atoms with van der Waals surface area (Å²) in [6.45, 7) is 3.73. The lowest BCUT2D eigenvalue weighted by Crippen LogP contribution is -2.10. The fourth-order valence-electron chi connectivity index (χ4n) is 2.56. The van der Waals surface area contributed by atoms with E-state index in [0.717, 1.165) is 50.3 Å². The third-order valence-corrected chi connectivity index (χ3v) is 3.74. The van der Waals surface area contributed by atoms with Crippen LogP contribution in [0.1, 0.15) is 30.1 Å². The number of aromatic nitrogens is 2. The third-order valence-electron chi connectivity index (χ3n) is 3.74. The van der Waals surface area contributed by atoms with Gasteiger partial charge in [0.05, 0.1) is 6.10 Å². The summed E-state index contributed by atoms with van der Waals surface area (Å²) in [5.41, 5.74) is 2.39. The van der Waals surface area contributed by atoms with Gasteiger partial charge in [-0.1, -0.05) is 23.4 Å². The van der Waals surface area contributed by atoms with Crippen LogP contribution in [0.25, 0.3) is 0 Å². The zero-order chi connectivity index (χ0) is 14.5. The van der Waals surface area contributed by atoms with Crippen molar-refractivity contribution in [3.63, 3.8) is 0 Å². The minimum atomic E-state index is 0.264. The lowest BCUT2D eigenvalue weighted by molar-refractivity contribution is 0.109. The molecule has 1 fully saturated rings. The monoisotopic (exact) mass is 287 g/mol. The molecule has 2 heterocycles. The van der Waals surface area contributed by atoms with E-state index in [1.54, 1.807) is 0 Å². The summed E-state index contributed by atoms with van der Waals surface area (Å²) in [5, 5.41) is 7.42. The second kappa shape index (κ2) is 6.72. The molecule has 21 heavy (non-hydrogen) atoms. The highest BCUT2D eigenvalue weighted by molar-refractivity contribution is 5.50. The van der Waals surface area contributed by atoms with E-state index in [-0.39, 0.29) is 6.10 Å². The molecule has 112 valence electrons. The Hall–Kier alpha value is -1.88. The molecule has 1 N–H and O–H groups in total. The molecule has 0 amide bonds. The summed E-state index contributed by atoms with van der Waals surface area (Å²) in [7, 11) is 0. The average molecular weight is 287 g/mol. The summed E-state index contributed by atoms with van der Waals surface area (Å²) in [5.74, 6) is 1.44. The van der Waals surface area contributed by atoms with Crippen molar-refractivity contribution in [3.05, 3.63) is 41.5 Å². The Kier molecular flexibility index (Phi) is 4.50. The van der Waals surface area contributed by atoms with Crippen LogP contribution in [-0.2, 0) is 17.6 Å². The molecule has 0 aliphatic carbocycles. The van der Waals surface area contributed by atoms with Gasteiger partial charge in [-0.2, -0.15) is 4.98 Å². The van der Waals surface area contributed by atoms with Crippen molar-refractivity contribution in [3.8, 4) is 0 Å². The average Bonchev–Trinajstić information content (AvgIpc) is 3.14. The molecule has 1 unspecified atom stereocenters. The number of nitrogens with one attached hydrogen (secondary N) is 1. The third kappa shape index (κ3) is 3.82. The topological polar surface area (TPSA) is 60.2 Å². The van der Waals surface area contributed by atoms with Crippen LogP contribution in [0.5, 0.6) is 0 Å². The molecule has 1 atom stereocenters. The molecule has 0 spiro atoms. The molecule has 5 heteroatoms. The Labute approximate surface area is 124 Å². The van der Waals surface area contributed by atoms with Gasteiger partial charge in [0, 0.05) is 31.7 Å². The molecular weight excluding hydrogens is 266 g/mol. The number of anilines is 1. The lowest BCUT2D eigenvalue weighted by Gasteiger charge is -2.07. The van der Waals surface area contributed by atoms with Gasteiger partial charge in [-0.05, 0) is 31.4 Å². The molecule has 5 nitrogen and oxygen atoms in total. The van der Waals surface area contributed by atoms with Gasteiger partial charge in [0.1, 0.15) is 0 Å². The maximum Gasteiger partial charge on any atom is 0.228 e. The summed E-state index contributed by atoms with van der Waals surface area (Å²) in [4.78, 5) is 4.43. The number of para-hydroxylation sites is 1.